The summed E-state index contributed by atoms with van der Waals surface area (Å²) in [6, 6.07) is 6.98. The lowest BCUT2D eigenvalue weighted by Crippen LogP contribution is -2.58. The highest BCUT2D eigenvalue weighted by molar-refractivity contribution is 5.95. The first kappa shape index (κ1) is 33.5. The van der Waals surface area contributed by atoms with Gasteiger partial charge in [-0.25, -0.2) is 4.79 Å². The molecule has 0 bridgehead atoms. The van der Waals surface area contributed by atoms with Gasteiger partial charge in [0.25, 0.3) is 0 Å². The van der Waals surface area contributed by atoms with Gasteiger partial charge in [0.15, 0.2) is 0 Å². The van der Waals surface area contributed by atoms with Gasteiger partial charge in [0.05, 0.1) is 12.5 Å². The molecule has 2 aromatic carbocycles. The molecule has 4 amide bonds. The average molecular weight is 587 g/mol. The molecule has 2 aromatic rings. The summed E-state index contributed by atoms with van der Waals surface area (Å²) >= 11 is 0. The Bertz CT molecular complexity index is 1220. The number of amides is 4. The number of nitrogens with two attached hydrogens (primary N) is 3. The third-order valence-corrected chi connectivity index (χ3v) is 6.34. The van der Waals surface area contributed by atoms with Crippen molar-refractivity contribution in [2.45, 2.75) is 62.7 Å². The van der Waals surface area contributed by atoms with Gasteiger partial charge in [-0.05, 0) is 67.6 Å². The van der Waals surface area contributed by atoms with Gasteiger partial charge >= 0.3 is 5.97 Å². The molecule has 228 valence electrons. The maximum absolute atomic E-state index is 13.5. The molecule has 0 aromatic heterocycles. The van der Waals surface area contributed by atoms with Crippen LogP contribution in [0.1, 0.15) is 36.8 Å². The molecule has 0 heterocycles. The highest BCUT2D eigenvalue weighted by Gasteiger charge is 2.31. The summed E-state index contributed by atoms with van der Waals surface area (Å²) in [7, 11) is 0. The van der Waals surface area contributed by atoms with Gasteiger partial charge in [0.1, 0.15) is 29.6 Å². The van der Waals surface area contributed by atoms with Crippen LogP contribution in [0.5, 0.6) is 11.5 Å². The quantitative estimate of drug-likeness (QED) is 0.0995. The number of rotatable bonds is 17. The van der Waals surface area contributed by atoms with E-state index in [0.717, 1.165) is 0 Å². The molecule has 2 rings (SSSR count). The van der Waals surface area contributed by atoms with E-state index >= 15 is 0 Å². The molecular weight excluding hydrogens is 548 g/mol. The predicted octanol–water partition coefficient (Wildman–Crippen LogP) is -1.25. The van der Waals surface area contributed by atoms with Crippen molar-refractivity contribution >= 4 is 29.6 Å². The minimum absolute atomic E-state index is 0.000270. The van der Waals surface area contributed by atoms with E-state index in [1.165, 1.54) is 24.3 Å². The van der Waals surface area contributed by atoms with Crippen LogP contribution in [0.2, 0.25) is 0 Å². The summed E-state index contributed by atoms with van der Waals surface area (Å²) in [6.45, 7) is 0.320. The van der Waals surface area contributed by atoms with Crippen molar-refractivity contribution < 1.29 is 39.3 Å². The van der Waals surface area contributed by atoms with Crippen LogP contribution in [0.3, 0.4) is 0 Å². The molecule has 0 aliphatic rings. The zero-order valence-electron chi connectivity index (χ0n) is 23.0. The van der Waals surface area contributed by atoms with E-state index in [1.807, 2.05) is 0 Å². The van der Waals surface area contributed by atoms with Crippen molar-refractivity contribution in [2.24, 2.45) is 17.2 Å². The minimum Gasteiger partial charge on any atom is -0.508 e. The second-order valence-corrected chi connectivity index (χ2v) is 9.82. The molecule has 0 aliphatic carbocycles. The molecule has 14 heteroatoms. The van der Waals surface area contributed by atoms with Crippen LogP contribution in [0.25, 0.3) is 0 Å². The third-order valence-electron chi connectivity index (χ3n) is 6.34. The van der Waals surface area contributed by atoms with Crippen molar-refractivity contribution in [1.29, 1.82) is 0 Å². The van der Waals surface area contributed by atoms with E-state index in [4.69, 9.17) is 17.2 Å². The lowest BCUT2D eigenvalue weighted by Gasteiger charge is -2.25. The number of carbonyl (C=O) groups is 5. The molecule has 42 heavy (non-hydrogen) atoms. The molecule has 4 unspecified atom stereocenters. The minimum atomic E-state index is -1.60. The fraction of sp³-hybridized carbons (Fsp3) is 0.393. The fourth-order valence-corrected chi connectivity index (χ4v) is 4.04. The molecule has 0 radical (unpaired) electrons. The SMILES string of the molecule is NCCCCC(NC(=O)C(Cc1ccc(O)cc1)NC(=O)C(N)Cc1ccc(O)cc1)C(=O)NC(CC(N)=O)C(=O)O. The molecule has 0 saturated carbocycles. The van der Waals surface area contributed by atoms with Crippen LogP contribution in [-0.2, 0) is 36.8 Å². The molecule has 12 N–H and O–H groups in total. The largest absolute Gasteiger partial charge is 0.508 e. The number of primary amides is 1. The third kappa shape index (κ3) is 11.4. The van der Waals surface area contributed by atoms with Crippen LogP contribution in [0, 0.1) is 0 Å². The van der Waals surface area contributed by atoms with E-state index in [2.05, 4.69) is 16.0 Å². The number of hydrogen-bond donors (Lipinski definition) is 9. The van der Waals surface area contributed by atoms with Gasteiger partial charge in [-0.15, -0.1) is 0 Å². The number of carboxylic acids is 1. The highest BCUT2D eigenvalue weighted by atomic mass is 16.4. The Morgan fingerprint density at radius 1 is 0.690 bits per heavy atom. The first-order valence-corrected chi connectivity index (χ1v) is 13.3. The van der Waals surface area contributed by atoms with E-state index in [1.54, 1.807) is 24.3 Å². The highest BCUT2D eigenvalue weighted by Crippen LogP contribution is 2.14. The fourth-order valence-electron chi connectivity index (χ4n) is 4.04. The molecule has 14 nitrogen and oxygen atoms in total. The molecule has 0 saturated heterocycles. The maximum atomic E-state index is 13.5. The van der Waals surface area contributed by atoms with Crippen molar-refractivity contribution in [3.05, 3.63) is 59.7 Å². The van der Waals surface area contributed by atoms with Crippen molar-refractivity contribution in [1.82, 2.24) is 16.0 Å². The topological polar surface area (TPSA) is 260 Å². The predicted molar refractivity (Wildman–Crippen MR) is 152 cm³/mol. The molecule has 0 fully saturated rings. The van der Waals surface area contributed by atoms with Crippen LogP contribution in [-0.4, -0.2) is 75.6 Å². The van der Waals surface area contributed by atoms with E-state index in [-0.39, 0.29) is 30.8 Å². The number of aromatic hydroxyl groups is 2. The van der Waals surface area contributed by atoms with Gasteiger partial charge in [0.2, 0.25) is 23.6 Å². The zero-order valence-corrected chi connectivity index (χ0v) is 23.0. The van der Waals surface area contributed by atoms with Crippen LogP contribution < -0.4 is 33.2 Å². The van der Waals surface area contributed by atoms with Crippen molar-refractivity contribution in [2.75, 3.05) is 6.54 Å². The molecule has 0 aliphatic heterocycles. The summed E-state index contributed by atoms with van der Waals surface area (Å²) in [6.07, 6.45) is 0.458. The number of phenols is 2. The summed E-state index contributed by atoms with van der Waals surface area (Å²) < 4.78 is 0. The summed E-state index contributed by atoms with van der Waals surface area (Å²) in [5.74, 6) is -4.62. The number of phenolic OH excluding ortho intramolecular Hbond substituents is 2. The maximum Gasteiger partial charge on any atom is 0.326 e. The van der Waals surface area contributed by atoms with Crippen molar-refractivity contribution in [3.8, 4) is 11.5 Å². The average Bonchev–Trinajstić information content (AvgIpc) is 2.93. The Morgan fingerprint density at radius 3 is 1.67 bits per heavy atom. The van der Waals surface area contributed by atoms with Crippen LogP contribution >= 0.6 is 0 Å². The number of carboxylic acid groups (broad SMARTS) is 1. The second-order valence-electron chi connectivity index (χ2n) is 9.82. The van der Waals surface area contributed by atoms with Gasteiger partial charge in [-0.1, -0.05) is 24.3 Å². The summed E-state index contributed by atoms with van der Waals surface area (Å²) in [5.41, 5.74) is 18.0. The Kier molecular flexibility index (Phi) is 13.2. The smallest absolute Gasteiger partial charge is 0.326 e. The first-order valence-electron chi connectivity index (χ1n) is 13.3. The van der Waals surface area contributed by atoms with E-state index in [0.29, 0.717) is 30.5 Å². The normalized spacial score (nSPS) is 13.7. The van der Waals surface area contributed by atoms with Crippen LogP contribution in [0.4, 0.5) is 0 Å². The van der Waals surface area contributed by atoms with Crippen LogP contribution in [0.15, 0.2) is 48.5 Å². The van der Waals surface area contributed by atoms with Gasteiger partial charge in [-0.3, -0.25) is 19.2 Å². The number of benzene rings is 2. The standard InChI is InChI=1S/C28H38N6O8/c29-12-2-1-3-21(26(39)34-23(28(41)42)15-24(31)37)32-27(40)22(14-17-6-10-19(36)11-7-17)33-25(38)20(30)13-16-4-8-18(35)9-5-16/h4-11,20-23,35-36H,1-3,12-15,29-30H2,(H2,31,37)(H,32,40)(H,33,38)(H,34,39)(H,41,42). The number of hydrogen-bond acceptors (Lipinski definition) is 9. The monoisotopic (exact) mass is 586 g/mol. The number of carbonyl (C=O) groups excluding carboxylic acids is 4. The summed E-state index contributed by atoms with van der Waals surface area (Å²) in [4.78, 5) is 62.3. The van der Waals surface area contributed by atoms with Crippen molar-refractivity contribution in [3.63, 3.8) is 0 Å². The lowest BCUT2D eigenvalue weighted by molar-refractivity contribution is -0.143. The molecular formula is C28H38N6O8. The Hall–Kier alpha value is -4.69. The second kappa shape index (κ2) is 16.5. The number of unbranched alkanes of at least 4 members (excludes halogenated alkanes) is 1. The number of aliphatic carboxylic acids is 1. The van der Waals surface area contributed by atoms with E-state index < -0.39 is 60.2 Å². The molecule has 4 atom stereocenters. The van der Waals surface area contributed by atoms with Gasteiger partial charge < -0.3 is 48.5 Å². The Labute approximate surface area is 242 Å². The van der Waals surface area contributed by atoms with E-state index in [9.17, 15) is 39.3 Å². The number of nitrogens with one attached hydrogen (secondary N) is 3. The van der Waals surface area contributed by atoms with Gasteiger partial charge in [0, 0.05) is 6.42 Å². The lowest BCUT2D eigenvalue weighted by atomic mass is 10.0. The first-order chi connectivity index (χ1) is 19.9. The zero-order chi connectivity index (χ0) is 31.2. The van der Waals surface area contributed by atoms with Gasteiger partial charge in [-0.2, -0.15) is 0 Å². The Morgan fingerprint density at radius 2 is 1.17 bits per heavy atom. The molecule has 0 spiro atoms. The Balaban J connectivity index is 2.24. The summed E-state index contributed by atoms with van der Waals surface area (Å²) in [5, 5.41) is 35.9.